The number of aliphatic hydroxyl groups is 1. The molecule has 0 bridgehead atoms. The summed E-state index contributed by atoms with van der Waals surface area (Å²) in [5.74, 6) is -0.00970. The average molecular weight is 369 g/mol. The van der Waals surface area contributed by atoms with Gasteiger partial charge in [-0.25, -0.2) is 0 Å². The molecule has 26 heavy (non-hydrogen) atoms. The second-order valence-corrected chi connectivity index (χ2v) is 7.52. The highest BCUT2D eigenvalue weighted by atomic mass is 35.5. The van der Waals surface area contributed by atoms with Crippen molar-refractivity contribution in [1.82, 2.24) is 9.88 Å². The van der Waals surface area contributed by atoms with E-state index in [4.69, 9.17) is 11.6 Å². The summed E-state index contributed by atoms with van der Waals surface area (Å²) >= 11 is 6.01. The maximum absolute atomic E-state index is 12.9. The van der Waals surface area contributed by atoms with Crippen LogP contribution in [0.25, 0.3) is 10.9 Å². The lowest BCUT2D eigenvalue weighted by atomic mass is 9.84. The largest absolute Gasteiger partial charge is 0.385 e. The van der Waals surface area contributed by atoms with Crippen molar-refractivity contribution in [2.24, 2.45) is 0 Å². The fourth-order valence-electron chi connectivity index (χ4n) is 3.68. The molecule has 5 heteroatoms. The maximum atomic E-state index is 12.9. The molecule has 1 amide bonds. The van der Waals surface area contributed by atoms with Crippen LogP contribution in [0.4, 0.5) is 0 Å². The molecule has 4 nitrogen and oxygen atoms in total. The molecule has 1 aliphatic rings. The van der Waals surface area contributed by atoms with Crippen molar-refractivity contribution in [3.8, 4) is 0 Å². The number of hydrogen-bond donors (Lipinski definition) is 2. The van der Waals surface area contributed by atoms with E-state index < -0.39 is 5.60 Å². The van der Waals surface area contributed by atoms with E-state index in [1.54, 1.807) is 12.3 Å². The number of aromatic amines is 1. The number of amides is 1. The predicted molar refractivity (Wildman–Crippen MR) is 104 cm³/mol. The van der Waals surface area contributed by atoms with Crippen LogP contribution >= 0.6 is 11.6 Å². The molecule has 3 aromatic rings. The van der Waals surface area contributed by atoms with Gasteiger partial charge in [-0.3, -0.25) is 4.79 Å². The molecule has 0 saturated carbocycles. The van der Waals surface area contributed by atoms with E-state index in [1.165, 1.54) is 5.56 Å². The molecule has 0 atom stereocenters. The van der Waals surface area contributed by atoms with Crippen LogP contribution in [0.15, 0.2) is 48.7 Å². The van der Waals surface area contributed by atoms with Crippen LogP contribution in [0.2, 0.25) is 5.02 Å². The molecule has 2 aromatic carbocycles. The molecule has 0 aliphatic carbocycles. The summed E-state index contributed by atoms with van der Waals surface area (Å²) in [6, 6.07) is 13.5. The molecular formula is C21H21ClN2O2. The second kappa shape index (κ2) is 6.45. The molecular weight excluding hydrogens is 348 g/mol. The fraction of sp³-hybridized carbons (Fsp3) is 0.286. The number of likely N-dealkylation sites (tertiary alicyclic amines) is 1. The Kier molecular flexibility index (Phi) is 4.25. The van der Waals surface area contributed by atoms with Crippen molar-refractivity contribution < 1.29 is 9.90 Å². The summed E-state index contributed by atoms with van der Waals surface area (Å²) in [5.41, 5.74) is 2.74. The minimum Gasteiger partial charge on any atom is -0.385 e. The number of aromatic nitrogens is 1. The Morgan fingerprint density at radius 1 is 1.15 bits per heavy atom. The van der Waals surface area contributed by atoms with E-state index in [2.05, 4.69) is 4.98 Å². The van der Waals surface area contributed by atoms with E-state index >= 15 is 0 Å². The summed E-state index contributed by atoms with van der Waals surface area (Å²) < 4.78 is 0. The third-order valence-corrected chi connectivity index (χ3v) is 5.58. The summed E-state index contributed by atoms with van der Waals surface area (Å²) in [6.45, 7) is 3.09. The molecule has 134 valence electrons. The molecule has 1 aliphatic heterocycles. The second-order valence-electron chi connectivity index (χ2n) is 7.08. The Balaban J connectivity index is 1.52. The van der Waals surface area contributed by atoms with Gasteiger partial charge >= 0.3 is 0 Å². The van der Waals surface area contributed by atoms with Crippen molar-refractivity contribution in [3.63, 3.8) is 0 Å². The Morgan fingerprint density at radius 3 is 2.54 bits per heavy atom. The van der Waals surface area contributed by atoms with Crippen LogP contribution < -0.4 is 0 Å². The number of aryl methyl sites for hydroxylation is 1. The third kappa shape index (κ3) is 3.00. The SMILES string of the molecule is Cc1ccc(C2(O)CCN(C(=O)c3c[nH]c4cc(Cl)ccc34)CC2)cc1. The zero-order valence-electron chi connectivity index (χ0n) is 14.6. The van der Waals surface area contributed by atoms with Crippen molar-refractivity contribution >= 4 is 28.4 Å². The lowest BCUT2D eigenvalue weighted by Crippen LogP contribution is -2.45. The first kappa shape index (κ1) is 17.1. The van der Waals surface area contributed by atoms with Crippen LogP contribution in [-0.4, -0.2) is 34.0 Å². The number of carbonyl (C=O) groups excluding carboxylic acids is 1. The normalized spacial score (nSPS) is 16.8. The van der Waals surface area contributed by atoms with Crippen LogP contribution in [0, 0.1) is 6.92 Å². The Bertz CT molecular complexity index is 954. The molecule has 2 N–H and O–H groups in total. The molecule has 1 aromatic heterocycles. The van der Waals surface area contributed by atoms with Crippen molar-refractivity contribution in [2.45, 2.75) is 25.4 Å². The first-order chi connectivity index (χ1) is 12.5. The molecule has 0 unspecified atom stereocenters. The number of nitrogens with one attached hydrogen (secondary N) is 1. The highest BCUT2D eigenvalue weighted by Crippen LogP contribution is 2.34. The Labute approximate surface area is 157 Å². The average Bonchev–Trinajstić information content (AvgIpc) is 3.05. The van der Waals surface area contributed by atoms with Crippen LogP contribution in [-0.2, 0) is 5.60 Å². The Morgan fingerprint density at radius 2 is 1.85 bits per heavy atom. The number of rotatable bonds is 2. The molecule has 2 heterocycles. The van der Waals surface area contributed by atoms with Gasteiger partial charge in [-0.2, -0.15) is 0 Å². The van der Waals surface area contributed by atoms with E-state index in [-0.39, 0.29) is 5.91 Å². The van der Waals surface area contributed by atoms with Gasteiger partial charge in [0.05, 0.1) is 11.2 Å². The van der Waals surface area contributed by atoms with Gasteiger partial charge in [0.2, 0.25) is 0 Å². The van der Waals surface area contributed by atoms with Crippen molar-refractivity contribution in [1.29, 1.82) is 0 Å². The van der Waals surface area contributed by atoms with E-state index in [0.717, 1.165) is 16.5 Å². The highest BCUT2D eigenvalue weighted by Gasteiger charge is 2.35. The molecule has 0 spiro atoms. The molecule has 1 fully saturated rings. The number of hydrogen-bond acceptors (Lipinski definition) is 2. The van der Waals surface area contributed by atoms with Gasteiger partial charge in [-0.05, 0) is 37.5 Å². The van der Waals surface area contributed by atoms with Gasteiger partial charge in [0, 0.05) is 35.2 Å². The quantitative estimate of drug-likeness (QED) is 0.710. The van der Waals surface area contributed by atoms with Gasteiger partial charge < -0.3 is 15.0 Å². The van der Waals surface area contributed by atoms with Crippen molar-refractivity contribution in [2.75, 3.05) is 13.1 Å². The van der Waals surface area contributed by atoms with Gasteiger partial charge in [0.1, 0.15) is 0 Å². The lowest BCUT2D eigenvalue weighted by Gasteiger charge is -2.38. The molecule has 0 radical (unpaired) electrons. The predicted octanol–water partition coefficient (Wildman–Crippen LogP) is 4.25. The smallest absolute Gasteiger partial charge is 0.256 e. The number of piperidine rings is 1. The number of benzene rings is 2. The molecule has 4 rings (SSSR count). The van der Waals surface area contributed by atoms with Gasteiger partial charge in [0.15, 0.2) is 0 Å². The molecule has 1 saturated heterocycles. The van der Waals surface area contributed by atoms with Crippen LogP contribution in [0.3, 0.4) is 0 Å². The zero-order valence-corrected chi connectivity index (χ0v) is 15.4. The zero-order chi connectivity index (χ0) is 18.3. The van der Waals surface area contributed by atoms with Gasteiger partial charge in [-0.15, -0.1) is 0 Å². The van der Waals surface area contributed by atoms with Crippen LogP contribution in [0.5, 0.6) is 0 Å². The van der Waals surface area contributed by atoms with Gasteiger partial charge in [0.25, 0.3) is 5.91 Å². The topological polar surface area (TPSA) is 56.3 Å². The first-order valence-electron chi connectivity index (χ1n) is 8.82. The van der Waals surface area contributed by atoms with Gasteiger partial charge in [-0.1, -0.05) is 47.5 Å². The standard InChI is InChI=1S/C21H21ClN2O2/c1-14-2-4-15(5-3-14)21(26)8-10-24(11-9-21)20(25)18-13-23-19-12-16(22)6-7-17(18)19/h2-7,12-13,23,26H,8-11H2,1H3. The number of halogens is 1. The number of H-pyrrole nitrogens is 1. The maximum Gasteiger partial charge on any atom is 0.256 e. The van der Waals surface area contributed by atoms with E-state index in [9.17, 15) is 9.90 Å². The highest BCUT2D eigenvalue weighted by molar-refractivity contribution is 6.31. The minimum absolute atomic E-state index is 0.00970. The monoisotopic (exact) mass is 368 g/mol. The number of fused-ring (bicyclic) bond motifs is 1. The minimum atomic E-state index is -0.863. The lowest BCUT2D eigenvalue weighted by molar-refractivity contribution is -0.0211. The summed E-state index contributed by atoms with van der Waals surface area (Å²) in [5, 5.41) is 12.5. The van der Waals surface area contributed by atoms with Crippen LogP contribution in [0.1, 0.15) is 34.3 Å². The summed E-state index contributed by atoms with van der Waals surface area (Å²) in [4.78, 5) is 17.9. The summed E-state index contributed by atoms with van der Waals surface area (Å²) in [7, 11) is 0. The third-order valence-electron chi connectivity index (χ3n) is 5.34. The Hall–Kier alpha value is -2.30. The first-order valence-corrected chi connectivity index (χ1v) is 9.19. The van der Waals surface area contributed by atoms with Crippen molar-refractivity contribution in [3.05, 3.63) is 70.4 Å². The number of carbonyl (C=O) groups is 1. The number of nitrogens with zero attached hydrogens (tertiary/aromatic N) is 1. The summed E-state index contributed by atoms with van der Waals surface area (Å²) in [6.07, 6.45) is 2.82. The fourth-order valence-corrected chi connectivity index (χ4v) is 3.85. The van der Waals surface area contributed by atoms with E-state index in [1.807, 2.05) is 48.2 Å². The van der Waals surface area contributed by atoms with E-state index in [0.29, 0.717) is 36.5 Å².